The van der Waals surface area contributed by atoms with E-state index in [1.165, 1.54) is 32.1 Å². The van der Waals surface area contributed by atoms with Gasteiger partial charge in [0.25, 0.3) is 0 Å². The van der Waals surface area contributed by atoms with Gasteiger partial charge in [0.15, 0.2) is 0 Å². The molecule has 194 valence electrons. The van der Waals surface area contributed by atoms with E-state index < -0.39 is 0 Å². The lowest BCUT2D eigenvalue weighted by atomic mass is 9.66. The SMILES string of the molecule is CCC(C)(CC)SCCNC(=N)CCCCCCC(=N)NCCSC1CCC1C(C)(C)CC. The van der Waals surface area contributed by atoms with Gasteiger partial charge in [-0.3, -0.25) is 10.8 Å². The molecule has 2 unspecified atom stereocenters. The second-order valence-corrected chi connectivity index (χ2v) is 13.7. The molecule has 4 N–H and O–H groups in total. The molecule has 0 aromatic carbocycles. The Morgan fingerprint density at radius 2 is 1.33 bits per heavy atom. The monoisotopic (exact) mass is 498 g/mol. The zero-order valence-corrected chi connectivity index (χ0v) is 24.2. The molecule has 0 bridgehead atoms. The Morgan fingerprint density at radius 1 is 0.788 bits per heavy atom. The molecule has 6 heteroatoms. The first-order valence-corrected chi connectivity index (χ1v) is 15.6. The van der Waals surface area contributed by atoms with E-state index in [4.69, 9.17) is 10.8 Å². The third-order valence-electron chi connectivity index (χ3n) is 7.89. The van der Waals surface area contributed by atoms with Crippen molar-refractivity contribution >= 4 is 35.2 Å². The zero-order chi connectivity index (χ0) is 24.7. The molecule has 0 heterocycles. The Bertz CT molecular complexity index is 560. The van der Waals surface area contributed by atoms with Crippen LogP contribution in [0.4, 0.5) is 0 Å². The van der Waals surface area contributed by atoms with Crippen LogP contribution in [0.1, 0.15) is 112 Å². The van der Waals surface area contributed by atoms with Crippen LogP contribution in [0.15, 0.2) is 0 Å². The number of unbranched alkanes of at least 4 members (excludes halogenated alkanes) is 3. The van der Waals surface area contributed by atoms with Crippen molar-refractivity contribution in [3.8, 4) is 0 Å². The largest absolute Gasteiger partial charge is 0.373 e. The topological polar surface area (TPSA) is 71.8 Å². The molecular weight excluding hydrogens is 444 g/mol. The number of thioether (sulfide) groups is 2. The quantitative estimate of drug-likeness (QED) is 0.0835. The molecule has 33 heavy (non-hydrogen) atoms. The van der Waals surface area contributed by atoms with E-state index >= 15 is 0 Å². The molecule has 2 atom stereocenters. The van der Waals surface area contributed by atoms with Crippen LogP contribution >= 0.6 is 23.5 Å². The van der Waals surface area contributed by atoms with Crippen molar-refractivity contribution in [1.29, 1.82) is 10.8 Å². The second-order valence-electron chi connectivity index (χ2n) is 10.7. The van der Waals surface area contributed by atoms with Crippen LogP contribution in [-0.2, 0) is 0 Å². The summed E-state index contributed by atoms with van der Waals surface area (Å²) in [7, 11) is 0. The van der Waals surface area contributed by atoms with Crippen molar-refractivity contribution in [1.82, 2.24) is 10.6 Å². The molecule has 0 saturated heterocycles. The highest BCUT2D eigenvalue weighted by atomic mass is 32.2. The molecular formula is C27H54N4S2. The predicted molar refractivity (Wildman–Crippen MR) is 154 cm³/mol. The Morgan fingerprint density at radius 3 is 1.79 bits per heavy atom. The van der Waals surface area contributed by atoms with Gasteiger partial charge in [-0.1, -0.05) is 60.8 Å². The second kappa shape index (κ2) is 16.3. The van der Waals surface area contributed by atoms with E-state index in [2.05, 4.69) is 63.9 Å². The predicted octanol–water partition coefficient (Wildman–Crippen LogP) is 7.72. The van der Waals surface area contributed by atoms with Gasteiger partial charge in [0.2, 0.25) is 0 Å². The van der Waals surface area contributed by atoms with E-state index in [0.29, 0.717) is 21.8 Å². The maximum atomic E-state index is 8.15. The molecule has 1 rings (SSSR count). The fourth-order valence-electron chi connectivity index (χ4n) is 4.32. The molecule has 0 radical (unpaired) electrons. The summed E-state index contributed by atoms with van der Waals surface area (Å²) >= 11 is 4.15. The summed E-state index contributed by atoms with van der Waals surface area (Å²) in [6.07, 6.45) is 12.6. The maximum absolute atomic E-state index is 8.15. The highest BCUT2D eigenvalue weighted by Crippen LogP contribution is 2.49. The highest BCUT2D eigenvalue weighted by Gasteiger charge is 2.40. The molecule has 1 aliphatic rings. The van der Waals surface area contributed by atoms with Gasteiger partial charge < -0.3 is 10.6 Å². The molecule has 0 aliphatic heterocycles. The average molecular weight is 499 g/mol. The fraction of sp³-hybridized carbons (Fsp3) is 0.926. The lowest BCUT2D eigenvalue weighted by molar-refractivity contribution is 0.125. The Kier molecular flexibility index (Phi) is 15.2. The molecule has 0 amide bonds. The number of nitrogens with one attached hydrogen (secondary N) is 4. The van der Waals surface area contributed by atoms with Gasteiger partial charge in [0.1, 0.15) is 0 Å². The van der Waals surface area contributed by atoms with Crippen molar-refractivity contribution in [2.45, 2.75) is 122 Å². The van der Waals surface area contributed by atoms with Gasteiger partial charge in [-0.15, -0.1) is 0 Å². The van der Waals surface area contributed by atoms with E-state index in [1.807, 2.05) is 11.8 Å². The number of rotatable bonds is 19. The van der Waals surface area contributed by atoms with E-state index in [-0.39, 0.29) is 0 Å². The van der Waals surface area contributed by atoms with Crippen LogP contribution in [0, 0.1) is 22.2 Å². The van der Waals surface area contributed by atoms with E-state index in [0.717, 1.165) is 74.3 Å². The molecule has 1 saturated carbocycles. The normalized spacial score (nSPS) is 18.6. The number of hydrogen-bond donors (Lipinski definition) is 4. The first-order chi connectivity index (χ1) is 15.7. The number of amidine groups is 2. The van der Waals surface area contributed by atoms with Crippen LogP contribution in [0.5, 0.6) is 0 Å². The summed E-state index contributed by atoms with van der Waals surface area (Å²) in [5.41, 5.74) is 0.481. The third-order valence-corrected chi connectivity index (χ3v) is 11.0. The van der Waals surface area contributed by atoms with Crippen LogP contribution in [0.25, 0.3) is 0 Å². The fourth-order valence-corrected chi connectivity index (χ4v) is 6.99. The first kappa shape index (κ1) is 30.7. The summed E-state index contributed by atoms with van der Waals surface area (Å²) in [5, 5.41) is 23.7. The van der Waals surface area contributed by atoms with Gasteiger partial charge in [-0.2, -0.15) is 23.5 Å². The standard InChI is InChI=1S/C27H54N4S2/c1-7-26(4,5)22-16-17-23(22)32-20-18-30-24(28)14-12-10-11-13-15-25(29)31-19-21-33-27(6,8-2)9-3/h22-23H,7-21H2,1-6H3,(H2,28,30)(H2,29,31). The summed E-state index contributed by atoms with van der Waals surface area (Å²) in [5.74, 6) is 4.46. The molecule has 1 aliphatic carbocycles. The van der Waals surface area contributed by atoms with Crippen molar-refractivity contribution in [2.24, 2.45) is 11.3 Å². The lowest BCUT2D eigenvalue weighted by Crippen LogP contribution is -2.40. The van der Waals surface area contributed by atoms with Crippen LogP contribution in [-0.4, -0.2) is 46.3 Å². The van der Waals surface area contributed by atoms with Crippen molar-refractivity contribution in [2.75, 3.05) is 24.6 Å². The van der Waals surface area contributed by atoms with Crippen LogP contribution in [0.2, 0.25) is 0 Å². The van der Waals surface area contributed by atoms with Gasteiger partial charge in [-0.25, -0.2) is 0 Å². The van der Waals surface area contributed by atoms with E-state index in [1.54, 1.807) is 0 Å². The highest BCUT2D eigenvalue weighted by molar-refractivity contribution is 8.00. The minimum Gasteiger partial charge on any atom is -0.373 e. The van der Waals surface area contributed by atoms with Gasteiger partial charge in [0, 0.05) is 47.4 Å². The Balaban J connectivity index is 1.95. The molecule has 0 spiro atoms. The lowest BCUT2D eigenvalue weighted by Gasteiger charge is -2.46. The van der Waals surface area contributed by atoms with Crippen molar-refractivity contribution in [3.63, 3.8) is 0 Å². The zero-order valence-electron chi connectivity index (χ0n) is 22.6. The van der Waals surface area contributed by atoms with Crippen LogP contribution < -0.4 is 10.6 Å². The minimum atomic E-state index is 0.386. The van der Waals surface area contributed by atoms with Gasteiger partial charge >= 0.3 is 0 Å². The van der Waals surface area contributed by atoms with Gasteiger partial charge in [-0.05, 0) is 49.9 Å². The molecule has 4 nitrogen and oxygen atoms in total. The smallest absolute Gasteiger partial charge is 0.0931 e. The molecule has 0 aromatic rings. The van der Waals surface area contributed by atoms with Gasteiger partial charge in [0.05, 0.1) is 11.7 Å². The van der Waals surface area contributed by atoms with E-state index in [9.17, 15) is 0 Å². The Labute approximate surface area is 214 Å². The summed E-state index contributed by atoms with van der Waals surface area (Å²) in [6.45, 7) is 15.9. The third kappa shape index (κ3) is 12.2. The number of hydrogen-bond acceptors (Lipinski definition) is 4. The molecule has 1 fully saturated rings. The minimum absolute atomic E-state index is 0.386. The molecule has 0 aromatic heterocycles. The first-order valence-electron chi connectivity index (χ1n) is 13.6. The van der Waals surface area contributed by atoms with Crippen molar-refractivity contribution < 1.29 is 0 Å². The Hall–Kier alpha value is -0.360. The summed E-state index contributed by atoms with van der Waals surface area (Å²) in [6, 6.07) is 0. The summed E-state index contributed by atoms with van der Waals surface area (Å²) < 4.78 is 0.386. The summed E-state index contributed by atoms with van der Waals surface area (Å²) in [4.78, 5) is 0. The van der Waals surface area contributed by atoms with Crippen LogP contribution in [0.3, 0.4) is 0 Å². The maximum Gasteiger partial charge on any atom is 0.0931 e. The van der Waals surface area contributed by atoms with Crippen molar-refractivity contribution in [3.05, 3.63) is 0 Å². The average Bonchev–Trinajstić information content (AvgIpc) is 2.77.